The fraction of sp³-hybridized carbons (Fsp3) is 0.389. The SMILES string of the molecule is Cc1ccccc1-n1cc(CNC(=O)NC2(C(N)=O)CCCC2)cn1. The molecule has 132 valence electrons. The van der Waals surface area contributed by atoms with E-state index in [2.05, 4.69) is 15.7 Å². The van der Waals surface area contributed by atoms with Crippen molar-refractivity contribution in [1.29, 1.82) is 0 Å². The quantitative estimate of drug-likeness (QED) is 0.772. The van der Waals surface area contributed by atoms with Gasteiger partial charge in [0.1, 0.15) is 5.54 Å². The average molecular weight is 341 g/mol. The van der Waals surface area contributed by atoms with Crippen LogP contribution in [0.1, 0.15) is 36.8 Å². The van der Waals surface area contributed by atoms with Crippen molar-refractivity contribution in [3.05, 3.63) is 47.8 Å². The van der Waals surface area contributed by atoms with Gasteiger partial charge in [-0.1, -0.05) is 31.0 Å². The molecule has 2 aromatic rings. The van der Waals surface area contributed by atoms with Gasteiger partial charge in [-0.15, -0.1) is 0 Å². The Labute approximate surface area is 146 Å². The van der Waals surface area contributed by atoms with Crippen molar-refractivity contribution in [3.8, 4) is 5.69 Å². The Bertz CT molecular complexity index is 777. The van der Waals surface area contributed by atoms with E-state index in [1.54, 1.807) is 10.9 Å². The van der Waals surface area contributed by atoms with Gasteiger partial charge in [-0.05, 0) is 31.4 Å². The summed E-state index contributed by atoms with van der Waals surface area (Å²) >= 11 is 0. The van der Waals surface area contributed by atoms with Crippen molar-refractivity contribution in [2.45, 2.75) is 44.7 Å². The molecule has 25 heavy (non-hydrogen) atoms. The van der Waals surface area contributed by atoms with E-state index in [9.17, 15) is 9.59 Å². The van der Waals surface area contributed by atoms with Gasteiger partial charge in [0.2, 0.25) is 5.91 Å². The van der Waals surface area contributed by atoms with Crippen LogP contribution >= 0.6 is 0 Å². The molecule has 1 aliphatic rings. The Morgan fingerprint density at radius 1 is 1.28 bits per heavy atom. The second kappa shape index (κ2) is 6.96. The monoisotopic (exact) mass is 341 g/mol. The molecule has 1 aromatic carbocycles. The van der Waals surface area contributed by atoms with Crippen LogP contribution in [0.15, 0.2) is 36.7 Å². The first-order valence-corrected chi connectivity index (χ1v) is 8.46. The van der Waals surface area contributed by atoms with Gasteiger partial charge in [-0.2, -0.15) is 5.10 Å². The highest BCUT2D eigenvalue weighted by Crippen LogP contribution is 2.29. The molecule has 0 atom stereocenters. The van der Waals surface area contributed by atoms with Gasteiger partial charge in [-0.3, -0.25) is 4.79 Å². The normalized spacial score (nSPS) is 15.7. The first-order chi connectivity index (χ1) is 12.0. The Balaban J connectivity index is 1.60. The van der Waals surface area contributed by atoms with Gasteiger partial charge < -0.3 is 16.4 Å². The zero-order chi connectivity index (χ0) is 17.9. The lowest BCUT2D eigenvalue weighted by Gasteiger charge is -2.26. The second-order valence-corrected chi connectivity index (χ2v) is 6.54. The molecule has 0 unspecified atom stereocenters. The summed E-state index contributed by atoms with van der Waals surface area (Å²) in [5.74, 6) is -0.465. The summed E-state index contributed by atoms with van der Waals surface area (Å²) in [6.45, 7) is 2.35. The van der Waals surface area contributed by atoms with Gasteiger partial charge in [0.05, 0.1) is 11.9 Å². The zero-order valence-electron chi connectivity index (χ0n) is 14.3. The third-order valence-corrected chi connectivity index (χ3v) is 4.73. The fourth-order valence-corrected chi connectivity index (χ4v) is 3.26. The molecular formula is C18H23N5O2. The molecular weight excluding hydrogens is 318 g/mol. The lowest BCUT2D eigenvalue weighted by molar-refractivity contribution is -0.123. The van der Waals surface area contributed by atoms with Gasteiger partial charge in [0, 0.05) is 18.3 Å². The number of urea groups is 1. The van der Waals surface area contributed by atoms with Crippen LogP contribution in [0.3, 0.4) is 0 Å². The first kappa shape index (κ1) is 17.0. The molecule has 1 heterocycles. The van der Waals surface area contributed by atoms with Crippen LogP contribution < -0.4 is 16.4 Å². The third kappa shape index (κ3) is 3.65. The molecule has 3 amide bonds. The van der Waals surface area contributed by atoms with E-state index in [1.165, 1.54) is 0 Å². The average Bonchev–Trinajstić information content (AvgIpc) is 3.23. The number of aryl methyl sites for hydroxylation is 1. The molecule has 1 fully saturated rings. The fourth-order valence-electron chi connectivity index (χ4n) is 3.26. The molecule has 1 aromatic heterocycles. The van der Waals surface area contributed by atoms with Crippen molar-refractivity contribution < 1.29 is 9.59 Å². The van der Waals surface area contributed by atoms with Gasteiger partial charge in [0.15, 0.2) is 0 Å². The summed E-state index contributed by atoms with van der Waals surface area (Å²) in [7, 11) is 0. The number of primary amides is 1. The van der Waals surface area contributed by atoms with Crippen LogP contribution in [0, 0.1) is 6.92 Å². The van der Waals surface area contributed by atoms with Gasteiger partial charge >= 0.3 is 6.03 Å². The molecule has 0 bridgehead atoms. The highest BCUT2D eigenvalue weighted by Gasteiger charge is 2.40. The van der Waals surface area contributed by atoms with E-state index in [0.29, 0.717) is 19.4 Å². The third-order valence-electron chi connectivity index (χ3n) is 4.73. The number of para-hydroxylation sites is 1. The smallest absolute Gasteiger partial charge is 0.315 e. The zero-order valence-corrected chi connectivity index (χ0v) is 14.3. The highest BCUT2D eigenvalue weighted by molar-refractivity contribution is 5.90. The number of rotatable bonds is 5. The Kier molecular flexibility index (Phi) is 4.74. The van der Waals surface area contributed by atoms with Crippen LogP contribution in [-0.4, -0.2) is 27.3 Å². The Morgan fingerprint density at radius 3 is 2.68 bits per heavy atom. The van der Waals surface area contributed by atoms with E-state index in [1.807, 2.05) is 37.4 Å². The minimum Gasteiger partial charge on any atom is -0.368 e. The predicted molar refractivity (Wildman–Crippen MR) is 94.1 cm³/mol. The number of nitrogens with zero attached hydrogens (tertiary/aromatic N) is 2. The van der Waals surface area contributed by atoms with Gasteiger partial charge in [0.25, 0.3) is 0 Å². The van der Waals surface area contributed by atoms with Crippen molar-refractivity contribution in [3.63, 3.8) is 0 Å². The van der Waals surface area contributed by atoms with Crippen LogP contribution in [0.2, 0.25) is 0 Å². The number of hydrogen-bond donors (Lipinski definition) is 3. The van der Waals surface area contributed by atoms with Crippen molar-refractivity contribution in [1.82, 2.24) is 20.4 Å². The molecule has 1 saturated carbocycles. The van der Waals surface area contributed by atoms with E-state index in [0.717, 1.165) is 29.7 Å². The Morgan fingerprint density at radius 2 is 2.00 bits per heavy atom. The van der Waals surface area contributed by atoms with E-state index >= 15 is 0 Å². The van der Waals surface area contributed by atoms with E-state index < -0.39 is 11.4 Å². The van der Waals surface area contributed by atoms with Crippen LogP contribution in [0.4, 0.5) is 4.79 Å². The number of carbonyl (C=O) groups is 2. The van der Waals surface area contributed by atoms with Crippen molar-refractivity contribution in [2.24, 2.45) is 5.73 Å². The number of nitrogens with one attached hydrogen (secondary N) is 2. The Hall–Kier alpha value is -2.83. The second-order valence-electron chi connectivity index (χ2n) is 6.54. The molecule has 7 nitrogen and oxygen atoms in total. The molecule has 3 rings (SSSR count). The molecule has 4 N–H and O–H groups in total. The summed E-state index contributed by atoms with van der Waals surface area (Å²) in [5.41, 5.74) is 7.56. The maximum Gasteiger partial charge on any atom is 0.315 e. The largest absolute Gasteiger partial charge is 0.368 e. The van der Waals surface area contributed by atoms with Crippen molar-refractivity contribution >= 4 is 11.9 Å². The molecule has 0 saturated heterocycles. The van der Waals surface area contributed by atoms with E-state index in [4.69, 9.17) is 5.73 Å². The molecule has 0 radical (unpaired) electrons. The number of carbonyl (C=O) groups excluding carboxylic acids is 2. The highest BCUT2D eigenvalue weighted by atomic mass is 16.2. The number of hydrogen-bond acceptors (Lipinski definition) is 3. The van der Waals surface area contributed by atoms with Gasteiger partial charge in [-0.25, -0.2) is 9.48 Å². The van der Waals surface area contributed by atoms with Crippen LogP contribution in [0.5, 0.6) is 0 Å². The van der Waals surface area contributed by atoms with Crippen LogP contribution in [-0.2, 0) is 11.3 Å². The van der Waals surface area contributed by atoms with Crippen LogP contribution in [0.25, 0.3) is 5.69 Å². The minimum atomic E-state index is -0.907. The number of aromatic nitrogens is 2. The topological polar surface area (TPSA) is 102 Å². The summed E-state index contributed by atoms with van der Waals surface area (Å²) in [6.07, 6.45) is 6.58. The maximum absolute atomic E-state index is 12.2. The van der Waals surface area contributed by atoms with Crippen molar-refractivity contribution in [2.75, 3.05) is 0 Å². The molecule has 0 aliphatic heterocycles. The summed E-state index contributed by atoms with van der Waals surface area (Å²) in [4.78, 5) is 23.8. The number of benzene rings is 1. The summed E-state index contributed by atoms with van der Waals surface area (Å²) < 4.78 is 1.78. The molecule has 1 aliphatic carbocycles. The predicted octanol–water partition coefficient (Wildman–Crippen LogP) is 1.78. The summed E-state index contributed by atoms with van der Waals surface area (Å²) in [5, 5.41) is 9.87. The minimum absolute atomic E-state index is 0.326. The molecule has 7 heteroatoms. The maximum atomic E-state index is 12.2. The number of nitrogens with two attached hydrogens (primary N) is 1. The molecule has 0 spiro atoms. The lowest BCUT2D eigenvalue weighted by atomic mass is 9.97. The standard InChI is InChI=1S/C18H23N5O2/c1-13-6-2-3-7-15(13)23-12-14(11-21-23)10-20-17(25)22-18(16(19)24)8-4-5-9-18/h2-3,6-7,11-12H,4-5,8-10H2,1H3,(H2,19,24)(H2,20,22,25). The lowest BCUT2D eigenvalue weighted by Crippen LogP contribution is -2.57. The first-order valence-electron chi connectivity index (χ1n) is 8.46. The number of amides is 3. The van der Waals surface area contributed by atoms with E-state index in [-0.39, 0.29) is 6.03 Å². The summed E-state index contributed by atoms with van der Waals surface area (Å²) in [6, 6.07) is 7.56.